The van der Waals surface area contributed by atoms with Gasteiger partial charge in [-0.3, -0.25) is 0 Å². The molecular weight excluding hydrogens is 332 g/mol. The lowest BCUT2D eigenvalue weighted by Gasteiger charge is -2.34. The fourth-order valence-electron chi connectivity index (χ4n) is 3.50. The van der Waals surface area contributed by atoms with E-state index in [1.54, 1.807) is 11.8 Å². The lowest BCUT2D eigenvalue weighted by molar-refractivity contribution is 0.595. The van der Waals surface area contributed by atoms with Gasteiger partial charge in [-0.1, -0.05) is 47.3 Å². The molecule has 0 fully saturated rings. The molecule has 6 heteroatoms. The third kappa shape index (κ3) is 3.02. The van der Waals surface area contributed by atoms with Crippen LogP contribution < -0.4 is 4.90 Å². The molecule has 0 bridgehead atoms. The Hall–Kier alpha value is -2.34. The number of nitrogens with zero attached hydrogens (tertiary/aromatic N) is 3. The van der Waals surface area contributed by atoms with E-state index in [2.05, 4.69) is 33.0 Å². The molecule has 1 aromatic heterocycles. The van der Waals surface area contributed by atoms with Crippen molar-refractivity contribution in [3.63, 3.8) is 0 Å². The van der Waals surface area contributed by atoms with Crippen LogP contribution in [0.2, 0.25) is 0 Å². The molecular formula is C19H20N4OS. The van der Waals surface area contributed by atoms with Crippen LogP contribution in [-0.2, 0) is 5.75 Å². The van der Waals surface area contributed by atoms with Gasteiger partial charge >= 0.3 is 0 Å². The molecule has 4 rings (SSSR count). The monoisotopic (exact) mass is 352 g/mol. The summed E-state index contributed by atoms with van der Waals surface area (Å²) in [5.74, 6) is 0.811. The van der Waals surface area contributed by atoms with Crippen LogP contribution in [-0.4, -0.2) is 23.1 Å². The Labute approximate surface area is 150 Å². The molecule has 128 valence electrons. The number of hydrogen-bond donors (Lipinski definition) is 1. The molecule has 0 aliphatic carbocycles. The zero-order valence-electron chi connectivity index (χ0n) is 14.1. The summed E-state index contributed by atoms with van der Waals surface area (Å²) in [7, 11) is 0. The summed E-state index contributed by atoms with van der Waals surface area (Å²) < 4.78 is 0. The number of imidazole rings is 1. The number of nitrogens with one attached hydrogen (secondary N) is 1. The van der Waals surface area contributed by atoms with Gasteiger partial charge in [0.05, 0.1) is 11.0 Å². The van der Waals surface area contributed by atoms with Gasteiger partial charge in [0.1, 0.15) is 6.04 Å². The van der Waals surface area contributed by atoms with E-state index in [1.165, 1.54) is 11.3 Å². The molecule has 0 amide bonds. The molecule has 1 N–H and O–H groups in total. The second-order valence-electron chi connectivity index (χ2n) is 6.19. The Morgan fingerprint density at radius 1 is 1.28 bits per heavy atom. The summed E-state index contributed by atoms with van der Waals surface area (Å²) in [6.07, 6.45) is 0.796. The third-order valence-corrected chi connectivity index (χ3v) is 5.66. The number of aromatic amines is 1. The Bertz CT molecular complexity index is 874. The van der Waals surface area contributed by atoms with Gasteiger partial charge in [0.15, 0.2) is 5.16 Å². The van der Waals surface area contributed by atoms with Crippen molar-refractivity contribution >= 4 is 28.5 Å². The second kappa shape index (κ2) is 6.88. The highest BCUT2D eigenvalue weighted by atomic mass is 32.2. The van der Waals surface area contributed by atoms with Gasteiger partial charge in [-0.25, -0.2) is 4.98 Å². The predicted molar refractivity (Wildman–Crippen MR) is 103 cm³/mol. The van der Waals surface area contributed by atoms with E-state index < -0.39 is 0 Å². The van der Waals surface area contributed by atoms with Crippen LogP contribution in [0.3, 0.4) is 0 Å². The first kappa shape index (κ1) is 16.1. The molecule has 5 nitrogen and oxygen atoms in total. The Balaban J connectivity index is 1.63. The highest BCUT2D eigenvalue weighted by Gasteiger charge is 2.27. The van der Waals surface area contributed by atoms with Crippen molar-refractivity contribution in [1.29, 1.82) is 0 Å². The first-order chi connectivity index (χ1) is 12.3. The van der Waals surface area contributed by atoms with Gasteiger partial charge < -0.3 is 9.88 Å². The molecule has 1 unspecified atom stereocenters. The molecule has 0 radical (unpaired) electrons. The number of hydrogen-bond acceptors (Lipinski definition) is 5. The van der Waals surface area contributed by atoms with E-state index in [4.69, 9.17) is 0 Å². The molecule has 0 saturated heterocycles. The van der Waals surface area contributed by atoms with Crippen LogP contribution in [0.1, 0.15) is 30.5 Å². The minimum Gasteiger partial charge on any atom is -0.371 e. The van der Waals surface area contributed by atoms with E-state index in [0.29, 0.717) is 0 Å². The standard InChI is InChI=1S/C19H20N4OS/c1-2-23-11-10-15(22-24)14-7-5-6-13(18(14)23)12-25-19-20-16-8-3-4-9-17(16)21-19/h3-9,15H,2,10-12H2,1H3,(H,20,21). The van der Waals surface area contributed by atoms with Gasteiger partial charge in [0.25, 0.3) is 0 Å². The van der Waals surface area contributed by atoms with Gasteiger partial charge in [-0.05, 0) is 31.0 Å². The van der Waals surface area contributed by atoms with Crippen molar-refractivity contribution in [1.82, 2.24) is 9.97 Å². The van der Waals surface area contributed by atoms with E-state index in [1.807, 2.05) is 36.4 Å². The smallest absolute Gasteiger partial charge is 0.166 e. The van der Waals surface area contributed by atoms with E-state index in [-0.39, 0.29) is 6.04 Å². The van der Waals surface area contributed by atoms with Crippen LogP contribution in [0, 0.1) is 4.91 Å². The molecule has 25 heavy (non-hydrogen) atoms. The zero-order valence-corrected chi connectivity index (χ0v) is 14.9. The number of benzene rings is 2. The fourth-order valence-corrected chi connectivity index (χ4v) is 4.37. The number of fused-ring (bicyclic) bond motifs is 2. The van der Waals surface area contributed by atoms with Crippen molar-refractivity contribution in [3.05, 3.63) is 58.5 Å². The number of thioether (sulfide) groups is 1. The first-order valence-corrected chi connectivity index (χ1v) is 9.55. The van der Waals surface area contributed by atoms with E-state index in [0.717, 1.165) is 47.0 Å². The van der Waals surface area contributed by atoms with E-state index >= 15 is 0 Å². The maximum absolute atomic E-state index is 11.2. The number of nitroso groups, excluding NO2 is 1. The van der Waals surface area contributed by atoms with E-state index in [9.17, 15) is 4.91 Å². The van der Waals surface area contributed by atoms with Gasteiger partial charge in [0, 0.05) is 30.1 Å². The number of para-hydroxylation sites is 3. The maximum atomic E-state index is 11.2. The molecule has 1 atom stereocenters. The van der Waals surface area contributed by atoms with Crippen molar-refractivity contribution in [2.45, 2.75) is 30.3 Å². The van der Waals surface area contributed by atoms with Crippen LogP contribution in [0.25, 0.3) is 11.0 Å². The Morgan fingerprint density at radius 3 is 2.96 bits per heavy atom. The van der Waals surface area contributed by atoms with Crippen LogP contribution >= 0.6 is 11.8 Å². The molecule has 1 aliphatic heterocycles. The summed E-state index contributed by atoms with van der Waals surface area (Å²) >= 11 is 1.69. The lowest BCUT2D eigenvalue weighted by atomic mass is 9.94. The molecule has 2 heterocycles. The SMILES string of the molecule is CCN1CCC(N=O)c2cccc(CSc3nc4ccccc4[nH]3)c21. The third-order valence-electron chi connectivity index (χ3n) is 4.74. The summed E-state index contributed by atoms with van der Waals surface area (Å²) in [6, 6.07) is 14.0. The summed E-state index contributed by atoms with van der Waals surface area (Å²) in [6.45, 7) is 3.97. The number of anilines is 1. The number of aromatic nitrogens is 2. The fraction of sp³-hybridized carbons (Fsp3) is 0.316. The van der Waals surface area contributed by atoms with Gasteiger partial charge in [-0.15, -0.1) is 0 Å². The average molecular weight is 352 g/mol. The molecule has 0 spiro atoms. The van der Waals surface area contributed by atoms with Crippen LogP contribution in [0.4, 0.5) is 5.69 Å². The van der Waals surface area contributed by atoms with Crippen molar-refractivity contribution in [3.8, 4) is 0 Å². The average Bonchev–Trinajstić information content (AvgIpc) is 3.08. The minimum absolute atomic E-state index is 0.228. The van der Waals surface area contributed by atoms with Crippen LogP contribution in [0.15, 0.2) is 52.8 Å². The summed E-state index contributed by atoms with van der Waals surface area (Å²) in [5, 5.41) is 4.26. The Kier molecular flexibility index (Phi) is 4.44. The highest BCUT2D eigenvalue weighted by Crippen LogP contribution is 2.40. The quantitative estimate of drug-likeness (QED) is 0.524. The summed E-state index contributed by atoms with van der Waals surface area (Å²) in [5.41, 5.74) is 5.52. The topological polar surface area (TPSA) is 61.4 Å². The normalized spacial score (nSPS) is 16.8. The molecule has 1 aliphatic rings. The van der Waals surface area contributed by atoms with Crippen LogP contribution in [0.5, 0.6) is 0 Å². The number of H-pyrrole nitrogens is 1. The zero-order chi connectivity index (χ0) is 17.2. The molecule has 3 aromatic rings. The second-order valence-corrected chi connectivity index (χ2v) is 7.16. The van der Waals surface area contributed by atoms with Crippen molar-refractivity contribution < 1.29 is 0 Å². The van der Waals surface area contributed by atoms with Gasteiger partial charge in [0.2, 0.25) is 0 Å². The van der Waals surface area contributed by atoms with Gasteiger partial charge in [-0.2, -0.15) is 4.91 Å². The molecule has 2 aromatic carbocycles. The number of rotatable bonds is 5. The molecule has 0 saturated carbocycles. The first-order valence-electron chi connectivity index (χ1n) is 8.57. The highest BCUT2D eigenvalue weighted by molar-refractivity contribution is 7.98. The minimum atomic E-state index is -0.228. The lowest BCUT2D eigenvalue weighted by Crippen LogP contribution is -2.31. The Morgan fingerprint density at radius 2 is 2.16 bits per heavy atom. The maximum Gasteiger partial charge on any atom is 0.166 e. The van der Waals surface area contributed by atoms with Crippen molar-refractivity contribution in [2.75, 3.05) is 18.0 Å². The predicted octanol–water partition coefficient (Wildman–Crippen LogP) is 4.89. The summed E-state index contributed by atoms with van der Waals surface area (Å²) in [4.78, 5) is 21.6. The largest absolute Gasteiger partial charge is 0.371 e. The van der Waals surface area contributed by atoms with Crippen molar-refractivity contribution in [2.24, 2.45) is 5.18 Å².